The zero-order valence-corrected chi connectivity index (χ0v) is 14.3. The number of rotatable bonds is 4. The van der Waals surface area contributed by atoms with Crippen molar-refractivity contribution in [3.8, 4) is 0 Å². The van der Waals surface area contributed by atoms with Gasteiger partial charge in [0.25, 0.3) is 0 Å². The molecular formula is C14H18Cl2N2O2S. The van der Waals surface area contributed by atoms with Gasteiger partial charge in [0.1, 0.15) is 4.90 Å². The molecule has 0 unspecified atom stereocenters. The van der Waals surface area contributed by atoms with Crippen molar-refractivity contribution in [2.75, 3.05) is 19.6 Å². The second-order valence-corrected chi connectivity index (χ2v) is 7.57. The zero-order valence-electron chi connectivity index (χ0n) is 12.0. The van der Waals surface area contributed by atoms with Gasteiger partial charge >= 0.3 is 0 Å². The highest BCUT2D eigenvalue weighted by Gasteiger charge is 2.24. The Hall–Kier alpha value is -0.590. The molecular weight excluding hydrogens is 331 g/mol. The standard InChI is InChI=1S/C14H18Cl2N2O2S/c1-9-7-12(15)10(2)14(13(9)16)21(19,20)18-8-11-3-5-17-6-4-11/h3,7,17-18H,4-6,8H2,1-2H3. The zero-order chi connectivity index (χ0) is 15.6. The quantitative estimate of drug-likeness (QED) is 0.822. The lowest BCUT2D eigenvalue weighted by Gasteiger charge is -2.17. The van der Waals surface area contributed by atoms with Crippen molar-refractivity contribution in [2.24, 2.45) is 0 Å². The summed E-state index contributed by atoms with van der Waals surface area (Å²) in [7, 11) is -3.69. The van der Waals surface area contributed by atoms with E-state index >= 15 is 0 Å². The molecule has 0 atom stereocenters. The predicted molar refractivity (Wildman–Crippen MR) is 86.7 cm³/mol. The van der Waals surface area contributed by atoms with Gasteiger partial charge in [-0.1, -0.05) is 34.9 Å². The van der Waals surface area contributed by atoms with Gasteiger partial charge in [-0.05, 0) is 44.0 Å². The maximum Gasteiger partial charge on any atom is 0.242 e. The average Bonchev–Trinajstić information content (AvgIpc) is 2.44. The van der Waals surface area contributed by atoms with Crippen molar-refractivity contribution in [3.05, 3.63) is 38.9 Å². The van der Waals surface area contributed by atoms with Crippen LogP contribution < -0.4 is 10.0 Å². The molecule has 1 aliphatic heterocycles. The normalized spacial score (nSPS) is 15.9. The SMILES string of the molecule is Cc1cc(Cl)c(C)c(S(=O)(=O)NCC2=CCNCC2)c1Cl. The molecule has 2 N–H and O–H groups in total. The first kappa shape index (κ1) is 16.8. The third kappa shape index (κ3) is 3.79. The van der Waals surface area contributed by atoms with Crippen LogP contribution >= 0.6 is 23.2 Å². The van der Waals surface area contributed by atoms with Crippen LogP contribution in [0.4, 0.5) is 0 Å². The van der Waals surface area contributed by atoms with Crippen LogP contribution in [0.15, 0.2) is 22.6 Å². The summed E-state index contributed by atoms with van der Waals surface area (Å²) < 4.78 is 27.7. The third-order valence-corrected chi connectivity index (χ3v) is 6.07. The molecule has 0 fully saturated rings. The molecule has 116 valence electrons. The van der Waals surface area contributed by atoms with Crippen LogP contribution in [0.2, 0.25) is 10.0 Å². The molecule has 7 heteroatoms. The third-order valence-electron chi connectivity index (χ3n) is 3.50. The van der Waals surface area contributed by atoms with Crippen molar-refractivity contribution in [1.29, 1.82) is 0 Å². The molecule has 21 heavy (non-hydrogen) atoms. The van der Waals surface area contributed by atoms with E-state index in [1.54, 1.807) is 19.9 Å². The van der Waals surface area contributed by atoms with E-state index in [1.807, 2.05) is 6.08 Å². The van der Waals surface area contributed by atoms with Crippen molar-refractivity contribution < 1.29 is 8.42 Å². The first-order chi connectivity index (χ1) is 9.83. The fourth-order valence-corrected chi connectivity index (χ4v) is 4.47. The average molecular weight is 349 g/mol. The highest BCUT2D eigenvalue weighted by Crippen LogP contribution is 2.33. The molecule has 1 heterocycles. The molecule has 0 saturated carbocycles. The van der Waals surface area contributed by atoms with Crippen LogP contribution in [0.25, 0.3) is 0 Å². The second kappa shape index (κ2) is 6.67. The fraction of sp³-hybridized carbons (Fsp3) is 0.429. The molecule has 0 radical (unpaired) electrons. The highest BCUT2D eigenvalue weighted by atomic mass is 35.5. The Balaban J connectivity index is 2.29. The van der Waals surface area contributed by atoms with E-state index in [1.165, 1.54) is 0 Å². The maximum absolute atomic E-state index is 12.5. The molecule has 0 spiro atoms. The Kier molecular flexibility index (Phi) is 5.33. The van der Waals surface area contributed by atoms with E-state index in [2.05, 4.69) is 10.0 Å². The van der Waals surface area contributed by atoms with E-state index in [-0.39, 0.29) is 9.92 Å². The molecule has 0 amide bonds. The van der Waals surface area contributed by atoms with Gasteiger partial charge in [0, 0.05) is 18.1 Å². The number of nitrogens with one attached hydrogen (secondary N) is 2. The lowest BCUT2D eigenvalue weighted by atomic mass is 10.1. The summed E-state index contributed by atoms with van der Waals surface area (Å²) in [5, 5.41) is 3.81. The summed E-state index contributed by atoms with van der Waals surface area (Å²) in [5.41, 5.74) is 2.19. The molecule has 0 aliphatic carbocycles. The Labute approximate surface area is 135 Å². The molecule has 1 aromatic rings. The Bertz CT molecular complexity index is 658. The van der Waals surface area contributed by atoms with Crippen LogP contribution in [0.5, 0.6) is 0 Å². The minimum absolute atomic E-state index is 0.0729. The van der Waals surface area contributed by atoms with Gasteiger partial charge in [0.15, 0.2) is 0 Å². The Morgan fingerprint density at radius 1 is 1.33 bits per heavy atom. The summed E-state index contributed by atoms with van der Waals surface area (Å²) in [6.45, 7) is 5.33. The summed E-state index contributed by atoms with van der Waals surface area (Å²) in [5.74, 6) is 0. The van der Waals surface area contributed by atoms with E-state index in [9.17, 15) is 8.42 Å². The lowest BCUT2D eigenvalue weighted by molar-refractivity contribution is 0.581. The van der Waals surface area contributed by atoms with E-state index < -0.39 is 10.0 Å². The van der Waals surface area contributed by atoms with E-state index in [0.717, 1.165) is 25.1 Å². The van der Waals surface area contributed by atoms with E-state index in [4.69, 9.17) is 23.2 Å². The van der Waals surface area contributed by atoms with Crippen molar-refractivity contribution in [2.45, 2.75) is 25.2 Å². The van der Waals surface area contributed by atoms with Crippen molar-refractivity contribution >= 4 is 33.2 Å². The minimum atomic E-state index is -3.69. The summed E-state index contributed by atoms with van der Waals surface area (Å²) in [6.07, 6.45) is 2.84. The Morgan fingerprint density at radius 3 is 2.67 bits per heavy atom. The topological polar surface area (TPSA) is 58.2 Å². The molecule has 0 saturated heterocycles. The number of sulfonamides is 1. The fourth-order valence-electron chi connectivity index (χ4n) is 2.22. The summed E-state index contributed by atoms with van der Waals surface area (Å²) in [6, 6.07) is 1.67. The number of halogens is 2. The first-order valence-corrected chi connectivity index (χ1v) is 8.90. The molecule has 2 rings (SSSR count). The molecule has 0 bridgehead atoms. The summed E-state index contributed by atoms with van der Waals surface area (Å²) in [4.78, 5) is 0.0729. The summed E-state index contributed by atoms with van der Waals surface area (Å²) >= 11 is 12.2. The van der Waals surface area contributed by atoms with Gasteiger partial charge in [-0.3, -0.25) is 0 Å². The molecule has 0 aromatic heterocycles. The van der Waals surface area contributed by atoms with E-state index in [0.29, 0.717) is 22.7 Å². The number of hydrogen-bond acceptors (Lipinski definition) is 3. The lowest BCUT2D eigenvalue weighted by Crippen LogP contribution is -2.30. The smallest absolute Gasteiger partial charge is 0.242 e. The number of aryl methyl sites for hydroxylation is 1. The molecule has 1 aliphatic rings. The van der Waals surface area contributed by atoms with Crippen molar-refractivity contribution in [3.63, 3.8) is 0 Å². The second-order valence-electron chi connectivity index (χ2n) is 5.08. The first-order valence-electron chi connectivity index (χ1n) is 6.66. The van der Waals surface area contributed by atoms with Crippen LogP contribution in [0.3, 0.4) is 0 Å². The number of benzene rings is 1. The van der Waals surface area contributed by atoms with Crippen LogP contribution in [0.1, 0.15) is 17.5 Å². The monoisotopic (exact) mass is 348 g/mol. The van der Waals surface area contributed by atoms with Crippen LogP contribution in [-0.4, -0.2) is 28.1 Å². The molecule has 4 nitrogen and oxygen atoms in total. The van der Waals surface area contributed by atoms with Gasteiger partial charge in [0.2, 0.25) is 10.0 Å². The predicted octanol–water partition coefficient (Wildman–Crippen LogP) is 2.81. The van der Waals surface area contributed by atoms with Crippen LogP contribution in [-0.2, 0) is 10.0 Å². The van der Waals surface area contributed by atoms with Gasteiger partial charge in [-0.2, -0.15) is 0 Å². The van der Waals surface area contributed by atoms with Gasteiger partial charge in [0.05, 0.1) is 5.02 Å². The van der Waals surface area contributed by atoms with Crippen molar-refractivity contribution in [1.82, 2.24) is 10.0 Å². The van der Waals surface area contributed by atoms with Gasteiger partial charge < -0.3 is 5.32 Å². The Morgan fingerprint density at radius 2 is 2.05 bits per heavy atom. The highest BCUT2D eigenvalue weighted by molar-refractivity contribution is 7.89. The van der Waals surface area contributed by atoms with Crippen LogP contribution in [0, 0.1) is 13.8 Å². The largest absolute Gasteiger partial charge is 0.313 e. The molecule has 1 aromatic carbocycles. The van der Waals surface area contributed by atoms with Gasteiger partial charge in [-0.25, -0.2) is 13.1 Å². The van der Waals surface area contributed by atoms with Gasteiger partial charge in [-0.15, -0.1) is 0 Å². The maximum atomic E-state index is 12.5. The number of hydrogen-bond donors (Lipinski definition) is 2. The minimum Gasteiger partial charge on any atom is -0.313 e.